The van der Waals surface area contributed by atoms with Gasteiger partial charge < -0.3 is 18.9 Å². The van der Waals surface area contributed by atoms with E-state index in [1.54, 1.807) is 19.5 Å². The minimum Gasteiger partial charge on any atom is -0.382 e. The van der Waals surface area contributed by atoms with E-state index in [0.29, 0.717) is 39.6 Å². The summed E-state index contributed by atoms with van der Waals surface area (Å²) in [6, 6.07) is 0. The molecule has 19 heavy (non-hydrogen) atoms. The summed E-state index contributed by atoms with van der Waals surface area (Å²) in [6.07, 6.45) is 4.57. The minimum atomic E-state index is -0.152. The average Bonchev–Trinajstić information content (AvgIpc) is 2.95. The molecule has 0 aliphatic heterocycles. The Bertz CT molecular complexity index is 329. The number of carbonyl (C=O) groups excluding carboxylic acids is 1. The van der Waals surface area contributed by atoms with Gasteiger partial charge >= 0.3 is 0 Å². The largest absolute Gasteiger partial charge is 0.382 e. The summed E-state index contributed by atoms with van der Waals surface area (Å²) in [5.74, 6) is -0.152. The lowest BCUT2D eigenvalue weighted by Crippen LogP contribution is -2.18. The number of ether oxygens (including phenoxy) is 4. The molecular weight excluding hydrogens is 252 g/mol. The first kappa shape index (κ1) is 15.8. The second-order valence-electron chi connectivity index (χ2n) is 3.63. The van der Waals surface area contributed by atoms with Crippen LogP contribution in [0.1, 0.15) is 4.79 Å². The van der Waals surface area contributed by atoms with Crippen molar-refractivity contribution in [1.29, 1.82) is 0 Å². The molecule has 0 bridgehead atoms. The fourth-order valence-electron chi connectivity index (χ4n) is 1.22. The summed E-state index contributed by atoms with van der Waals surface area (Å²) in [5, 5.41) is 0. The number of nitrogens with zero attached hydrogens (tertiary/aromatic N) is 2. The van der Waals surface area contributed by atoms with Crippen molar-refractivity contribution in [3.63, 3.8) is 0 Å². The lowest BCUT2D eigenvalue weighted by Gasteiger charge is -2.06. The van der Waals surface area contributed by atoms with E-state index in [1.165, 1.54) is 10.9 Å². The zero-order valence-electron chi connectivity index (χ0n) is 11.1. The van der Waals surface area contributed by atoms with Crippen LogP contribution in [0.25, 0.3) is 0 Å². The van der Waals surface area contributed by atoms with Crippen LogP contribution in [-0.4, -0.2) is 68.8 Å². The topological polar surface area (TPSA) is 71.8 Å². The van der Waals surface area contributed by atoms with Crippen LogP contribution in [0.3, 0.4) is 0 Å². The average molecular weight is 272 g/mol. The van der Waals surface area contributed by atoms with Gasteiger partial charge in [-0.2, -0.15) is 0 Å². The smallest absolute Gasteiger partial charge is 0.257 e. The van der Waals surface area contributed by atoms with Crippen molar-refractivity contribution in [2.24, 2.45) is 0 Å². The number of rotatable bonds is 11. The van der Waals surface area contributed by atoms with Crippen LogP contribution in [0.15, 0.2) is 18.7 Å². The Labute approximate surface area is 112 Å². The van der Waals surface area contributed by atoms with Crippen molar-refractivity contribution >= 4 is 5.91 Å². The number of imidazole rings is 1. The van der Waals surface area contributed by atoms with Crippen LogP contribution >= 0.6 is 0 Å². The van der Waals surface area contributed by atoms with Crippen molar-refractivity contribution in [2.45, 2.75) is 0 Å². The molecule has 7 nitrogen and oxygen atoms in total. The van der Waals surface area contributed by atoms with Crippen LogP contribution < -0.4 is 0 Å². The first-order valence-electron chi connectivity index (χ1n) is 6.08. The van der Waals surface area contributed by atoms with E-state index in [9.17, 15) is 4.79 Å². The van der Waals surface area contributed by atoms with Crippen LogP contribution in [0.5, 0.6) is 0 Å². The highest BCUT2D eigenvalue weighted by atomic mass is 16.6. The Morgan fingerprint density at radius 3 is 2.26 bits per heavy atom. The van der Waals surface area contributed by atoms with Gasteiger partial charge in [-0.25, -0.2) is 4.98 Å². The van der Waals surface area contributed by atoms with Crippen molar-refractivity contribution in [2.75, 3.05) is 53.4 Å². The highest BCUT2D eigenvalue weighted by Gasteiger charge is 2.03. The van der Waals surface area contributed by atoms with Crippen molar-refractivity contribution in [3.8, 4) is 0 Å². The van der Waals surface area contributed by atoms with E-state index >= 15 is 0 Å². The molecule has 108 valence electrons. The van der Waals surface area contributed by atoms with Gasteiger partial charge in [0.25, 0.3) is 5.91 Å². The highest BCUT2D eigenvalue weighted by Crippen LogP contribution is 1.88. The summed E-state index contributed by atoms with van der Waals surface area (Å²) >= 11 is 0. The number of methoxy groups -OCH3 is 1. The Morgan fingerprint density at radius 1 is 1.05 bits per heavy atom. The molecule has 0 radical (unpaired) electrons. The Kier molecular flexibility index (Phi) is 8.82. The summed E-state index contributed by atoms with van der Waals surface area (Å²) in [7, 11) is 1.63. The van der Waals surface area contributed by atoms with Crippen LogP contribution in [-0.2, 0) is 18.9 Å². The molecule has 0 aromatic carbocycles. The Balaban J connectivity index is 1.85. The molecule has 0 N–H and O–H groups in total. The molecule has 0 saturated carbocycles. The molecule has 1 aromatic rings. The van der Waals surface area contributed by atoms with E-state index in [0.717, 1.165) is 0 Å². The molecule has 0 unspecified atom stereocenters. The third-order valence-corrected chi connectivity index (χ3v) is 2.19. The van der Waals surface area contributed by atoms with E-state index in [2.05, 4.69) is 4.98 Å². The first-order chi connectivity index (χ1) is 9.34. The van der Waals surface area contributed by atoms with E-state index in [4.69, 9.17) is 18.9 Å². The molecule has 1 aromatic heterocycles. The van der Waals surface area contributed by atoms with Gasteiger partial charge in [0.2, 0.25) is 0 Å². The highest BCUT2D eigenvalue weighted by molar-refractivity contribution is 5.79. The van der Waals surface area contributed by atoms with Gasteiger partial charge in [-0.3, -0.25) is 9.36 Å². The Hall–Kier alpha value is -1.28. The second kappa shape index (κ2) is 10.6. The molecule has 0 amide bonds. The zero-order valence-corrected chi connectivity index (χ0v) is 11.1. The van der Waals surface area contributed by atoms with E-state index in [-0.39, 0.29) is 12.5 Å². The van der Waals surface area contributed by atoms with Gasteiger partial charge in [0.1, 0.15) is 12.9 Å². The van der Waals surface area contributed by atoms with Crippen molar-refractivity contribution in [1.82, 2.24) is 9.55 Å². The molecule has 0 aliphatic carbocycles. The van der Waals surface area contributed by atoms with Gasteiger partial charge in [-0.15, -0.1) is 0 Å². The molecule has 0 aliphatic rings. The third-order valence-electron chi connectivity index (χ3n) is 2.19. The molecule has 0 spiro atoms. The number of carbonyl (C=O) groups is 1. The van der Waals surface area contributed by atoms with Crippen molar-refractivity contribution in [3.05, 3.63) is 18.7 Å². The quantitative estimate of drug-likeness (QED) is 0.537. The lowest BCUT2D eigenvalue weighted by molar-refractivity contribution is 0.00399. The fraction of sp³-hybridized carbons (Fsp3) is 0.667. The third kappa shape index (κ3) is 7.68. The van der Waals surface area contributed by atoms with Crippen LogP contribution in [0, 0.1) is 0 Å². The molecule has 0 saturated heterocycles. The second-order valence-corrected chi connectivity index (χ2v) is 3.63. The predicted molar refractivity (Wildman–Crippen MR) is 67.2 cm³/mol. The van der Waals surface area contributed by atoms with E-state index in [1.807, 2.05) is 0 Å². The molecule has 0 fully saturated rings. The van der Waals surface area contributed by atoms with Gasteiger partial charge in [-0.1, -0.05) is 0 Å². The lowest BCUT2D eigenvalue weighted by atomic mass is 10.6. The Morgan fingerprint density at radius 2 is 1.68 bits per heavy atom. The number of hydrogen-bond acceptors (Lipinski definition) is 6. The number of hydrogen-bond donors (Lipinski definition) is 0. The predicted octanol–water partition coefficient (Wildman–Crippen LogP) is 0.220. The SMILES string of the molecule is COCCOCCOCCOCC(=O)n1ccnc1. The van der Waals surface area contributed by atoms with Gasteiger partial charge in [0.15, 0.2) is 0 Å². The fourth-order valence-corrected chi connectivity index (χ4v) is 1.22. The van der Waals surface area contributed by atoms with Gasteiger partial charge in [0.05, 0.1) is 39.6 Å². The minimum absolute atomic E-state index is 0.0179. The summed E-state index contributed by atoms with van der Waals surface area (Å²) in [6.45, 7) is 3.00. The summed E-state index contributed by atoms with van der Waals surface area (Å²) in [4.78, 5) is 15.2. The standard InChI is InChI=1S/C12H20N2O5/c1-16-4-5-17-6-7-18-8-9-19-10-12(15)14-3-2-13-11-14/h2-3,11H,4-10H2,1H3. The van der Waals surface area contributed by atoms with E-state index < -0.39 is 0 Å². The maximum absolute atomic E-state index is 11.5. The monoisotopic (exact) mass is 272 g/mol. The van der Waals surface area contributed by atoms with Crippen molar-refractivity contribution < 1.29 is 23.7 Å². The van der Waals surface area contributed by atoms with Crippen LogP contribution in [0.2, 0.25) is 0 Å². The van der Waals surface area contributed by atoms with Crippen LogP contribution in [0.4, 0.5) is 0 Å². The zero-order chi connectivity index (χ0) is 13.8. The van der Waals surface area contributed by atoms with Gasteiger partial charge in [-0.05, 0) is 0 Å². The molecule has 1 rings (SSSR count). The van der Waals surface area contributed by atoms with Gasteiger partial charge in [0, 0.05) is 19.5 Å². The molecule has 7 heteroatoms. The first-order valence-corrected chi connectivity index (χ1v) is 6.08. The summed E-state index contributed by atoms with van der Waals surface area (Å²) < 4.78 is 21.9. The number of aromatic nitrogens is 2. The normalized spacial score (nSPS) is 10.8. The molecule has 0 atom stereocenters. The molecule has 1 heterocycles. The molecular formula is C12H20N2O5. The summed E-state index contributed by atoms with van der Waals surface area (Å²) in [5.41, 5.74) is 0. The maximum Gasteiger partial charge on any atom is 0.257 e. The maximum atomic E-state index is 11.5.